The zero-order chi connectivity index (χ0) is 27.7. The third-order valence-corrected chi connectivity index (χ3v) is 9.34. The summed E-state index contributed by atoms with van der Waals surface area (Å²) in [5.74, 6) is 2.02. The number of rotatable bonds is 8. The Morgan fingerprint density at radius 3 is 2.54 bits per heavy atom. The first-order chi connectivity index (χ1) is 18.7. The number of aryl methyl sites for hydroxylation is 2. The van der Waals surface area contributed by atoms with E-state index in [2.05, 4.69) is 57.8 Å². The fraction of sp³-hybridized carbons (Fsp3) is 0.517. The molecule has 0 unspecified atom stereocenters. The molecule has 1 amide bonds. The van der Waals surface area contributed by atoms with Crippen molar-refractivity contribution in [2.75, 3.05) is 46.8 Å². The topological polar surface area (TPSA) is 78.7 Å². The standard InChI is InChI=1S/C29H38ClN7OS/c1-18-19(2)39-29-26(18)27(22-6-8-23(30)9-7-22)32-24(28-34-33-20(3)37(28)29)16-25(38)31-17-21-10-12-36(13-11-21)15-14-35(4)5/h6-9,21,24H,10-17H2,1-5H3,(H,31,38)/t24-/m0/s1. The van der Waals surface area contributed by atoms with Gasteiger partial charge in [0.2, 0.25) is 5.91 Å². The van der Waals surface area contributed by atoms with Crippen LogP contribution < -0.4 is 5.32 Å². The van der Waals surface area contributed by atoms with Crippen molar-refractivity contribution in [3.05, 3.63) is 62.5 Å². The van der Waals surface area contributed by atoms with Crippen LogP contribution in [0.3, 0.4) is 0 Å². The number of carbonyl (C=O) groups is 1. The summed E-state index contributed by atoms with van der Waals surface area (Å²) in [5.41, 5.74) is 4.11. The van der Waals surface area contributed by atoms with E-state index >= 15 is 0 Å². The summed E-state index contributed by atoms with van der Waals surface area (Å²) in [5, 5.41) is 13.9. The summed E-state index contributed by atoms with van der Waals surface area (Å²) in [6, 6.07) is 7.33. The Morgan fingerprint density at radius 1 is 1.13 bits per heavy atom. The van der Waals surface area contributed by atoms with Gasteiger partial charge in [0.25, 0.3) is 0 Å². The van der Waals surface area contributed by atoms with Crippen LogP contribution >= 0.6 is 22.9 Å². The van der Waals surface area contributed by atoms with Crippen molar-refractivity contribution >= 4 is 34.6 Å². The highest BCUT2D eigenvalue weighted by Gasteiger charge is 2.32. The number of aliphatic imine (C=N–C) groups is 1. The second kappa shape index (κ2) is 11.9. The van der Waals surface area contributed by atoms with Gasteiger partial charge in [0.15, 0.2) is 5.82 Å². The minimum Gasteiger partial charge on any atom is -0.356 e. The monoisotopic (exact) mass is 567 g/mol. The first-order valence-electron chi connectivity index (χ1n) is 13.7. The van der Waals surface area contributed by atoms with E-state index in [1.165, 1.54) is 10.4 Å². The van der Waals surface area contributed by atoms with Crippen molar-refractivity contribution in [2.45, 2.75) is 46.1 Å². The molecule has 0 bridgehead atoms. The molecule has 2 aromatic heterocycles. The summed E-state index contributed by atoms with van der Waals surface area (Å²) in [6.45, 7) is 11.3. The molecule has 0 radical (unpaired) electrons. The van der Waals surface area contributed by atoms with Crippen LogP contribution in [0.4, 0.5) is 0 Å². The minimum absolute atomic E-state index is 0.000367. The molecule has 1 atom stereocenters. The second-order valence-electron chi connectivity index (χ2n) is 11.0. The van der Waals surface area contributed by atoms with E-state index in [-0.39, 0.29) is 12.3 Å². The van der Waals surface area contributed by atoms with Gasteiger partial charge in [0.05, 0.1) is 12.1 Å². The SMILES string of the molecule is Cc1sc2c(c1C)C(c1ccc(Cl)cc1)=N[C@@H](CC(=O)NCC1CCN(CCN(C)C)CC1)c1nnc(C)n1-2. The number of fused-ring (bicyclic) bond motifs is 3. The predicted octanol–water partition coefficient (Wildman–Crippen LogP) is 4.58. The molecular weight excluding hydrogens is 530 g/mol. The molecule has 39 heavy (non-hydrogen) atoms. The lowest BCUT2D eigenvalue weighted by molar-refractivity contribution is -0.121. The average Bonchev–Trinajstić information content (AvgIpc) is 3.39. The molecule has 5 rings (SSSR count). The molecule has 1 aromatic carbocycles. The number of halogens is 1. The third-order valence-electron chi connectivity index (χ3n) is 7.89. The van der Waals surface area contributed by atoms with Crippen LogP contribution in [0.15, 0.2) is 29.3 Å². The quantitative estimate of drug-likeness (QED) is 0.431. The van der Waals surface area contributed by atoms with Crippen molar-refractivity contribution in [3.63, 3.8) is 0 Å². The van der Waals surface area contributed by atoms with Crippen molar-refractivity contribution in [3.8, 4) is 5.00 Å². The van der Waals surface area contributed by atoms with Crippen molar-refractivity contribution in [1.82, 2.24) is 29.9 Å². The van der Waals surface area contributed by atoms with Gasteiger partial charge in [0.1, 0.15) is 16.9 Å². The number of thiophene rings is 1. The van der Waals surface area contributed by atoms with Gasteiger partial charge >= 0.3 is 0 Å². The normalized spacial score (nSPS) is 18.0. The number of aromatic nitrogens is 3. The molecule has 8 nitrogen and oxygen atoms in total. The number of piperidine rings is 1. The molecule has 1 fully saturated rings. The summed E-state index contributed by atoms with van der Waals surface area (Å²) in [7, 11) is 4.23. The highest BCUT2D eigenvalue weighted by Crippen LogP contribution is 2.39. The van der Waals surface area contributed by atoms with Crippen molar-refractivity contribution in [1.29, 1.82) is 0 Å². The number of amides is 1. The maximum absolute atomic E-state index is 13.3. The number of likely N-dealkylation sites (tertiary alicyclic amines) is 1. The van der Waals surface area contributed by atoms with E-state index in [4.69, 9.17) is 16.6 Å². The average molecular weight is 568 g/mol. The van der Waals surface area contributed by atoms with E-state index in [0.717, 1.165) is 66.7 Å². The van der Waals surface area contributed by atoms with Crippen LogP contribution in [0.1, 0.15) is 58.5 Å². The summed E-state index contributed by atoms with van der Waals surface area (Å²) >= 11 is 7.93. The van der Waals surface area contributed by atoms with E-state index in [9.17, 15) is 4.79 Å². The van der Waals surface area contributed by atoms with Crippen LogP contribution in [0, 0.1) is 26.7 Å². The van der Waals surface area contributed by atoms with Gasteiger partial charge in [-0.25, -0.2) is 0 Å². The van der Waals surface area contributed by atoms with Crippen LogP contribution in [0.2, 0.25) is 5.02 Å². The number of nitrogens with one attached hydrogen (secondary N) is 1. The second-order valence-corrected chi connectivity index (χ2v) is 12.6. The number of likely N-dealkylation sites (N-methyl/N-ethyl adjacent to an activating group) is 1. The fourth-order valence-corrected chi connectivity index (χ4v) is 6.73. The smallest absolute Gasteiger partial charge is 0.222 e. The molecule has 208 valence electrons. The molecule has 2 aliphatic rings. The van der Waals surface area contributed by atoms with Crippen molar-refractivity contribution in [2.24, 2.45) is 10.9 Å². The summed E-state index contributed by atoms with van der Waals surface area (Å²) in [6.07, 6.45) is 2.45. The van der Waals surface area contributed by atoms with Gasteiger partial charge in [-0.05, 0) is 84.4 Å². The molecular formula is C29H38ClN7OS. The van der Waals surface area contributed by atoms with Crippen LogP contribution in [0.5, 0.6) is 0 Å². The Kier molecular flexibility index (Phi) is 8.52. The van der Waals surface area contributed by atoms with Crippen LogP contribution in [-0.4, -0.2) is 83.0 Å². The summed E-state index contributed by atoms with van der Waals surface area (Å²) < 4.78 is 2.09. The first-order valence-corrected chi connectivity index (χ1v) is 14.9. The Bertz CT molecular complexity index is 1350. The lowest BCUT2D eigenvalue weighted by Gasteiger charge is -2.32. The molecule has 10 heteroatoms. The minimum atomic E-state index is -0.441. The number of carbonyl (C=O) groups excluding carboxylic acids is 1. The molecule has 4 heterocycles. The van der Waals surface area contributed by atoms with Gasteiger partial charge < -0.3 is 15.1 Å². The highest BCUT2D eigenvalue weighted by atomic mass is 35.5. The Labute approximate surface area is 240 Å². The largest absolute Gasteiger partial charge is 0.356 e. The van der Waals surface area contributed by atoms with Crippen LogP contribution in [0.25, 0.3) is 5.00 Å². The first kappa shape index (κ1) is 28.0. The highest BCUT2D eigenvalue weighted by molar-refractivity contribution is 7.15. The van der Waals surface area contributed by atoms with Gasteiger partial charge in [-0.1, -0.05) is 23.7 Å². The fourth-order valence-electron chi connectivity index (χ4n) is 5.39. The lowest BCUT2D eigenvalue weighted by Crippen LogP contribution is -2.41. The van der Waals surface area contributed by atoms with E-state index in [0.29, 0.717) is 23.3 Å². The number of hydrogen-bond donors (Lipinski definition) is 1. The Morgan fingerprint density at radius 2 is 1.85 bits per heavy atom. The molecule has 0 aliphatic carbocycles. The molecule has 0 saturated carbocycles. The third kappa shape index (κ3) is 6.11. The zero-order valence-corrected chi connectivity index (χ0v) is 25.1. The zero-order valence-electron chi connectivity index (χ0n) is 23.5. The summed E-state index contributed by atoms with van der Waals surface area (Å²) in [4.78, 5) is 24.5. The number of benzene rings is 1. The van der Waals surface area contributed by atoms with Crippen molar-refractivity contribution < 1.29 is 4.79 Å². The molecule has 1 N–H and O–H groups in total. The molecule has 2 aliphatic heterocycles. The molecule has 1 saturated heterocycles. The van der Waals surface area contributed by atoms with E-state index < -0.39 is 6.04 Å². The Hall–Kier alpha value is -2.59. The van der Waals surface area contributed by atoms with Crippen LogP contribution in [-0.2, 0) is 4.79 Å². The van der Waals surface area contributed by atoms with Gasteiger partial charge in [-0.2, -0.15) is 0 Å². The maximum Gasteiger partial charge on any atom is 0.222 e. The predicted molar refractivity (Wildman–Crippen MR) is 159 cm³/mol. The van der Waals surface area contributed by atoms with Gasteiger partial charge in [-0.15, -0.1) is 21.5 Å². The lowest BCUT2D eigenvalue weighted by atomic mass is 9.96. The van der Waals surface area contributed by atoms with E-state index in [1.807, 2.05) is 31.2 Å². The molecule has 0 spiro atoms. The Balaban J connectivity index is 1.35. The molecule has 3 aromatic rings. The van der Waals surface area contributed by atoms with Gasteiger partial charge in [0, 0.05) is 40.7 Å². The van der Waals surface area contributed by atoms with Gasteiger partial charge in [-0.3, -0.25) is 14.4 Å². The number of nitrogens with zero attached hydrogens (tertiary/aromatic N) is 6. The maximum atomic E-state index is 13.3. The number of hydrogen-bond acceptors (Lipinski definition) is 7. The van der Waals surface area contributed by atoms with E-state index in [1.54, 1.807) is 11.3 Å².